The highest BCUT2D eigenvalue weighted by molar-refractivity contribution is 7.09. The van der Waals surface area contributed by atoms with E-state index in [1.807, 2.05) is 34.5 Å². The first-order valence-corrected chi connectivity index (χ1v) is 9.48. The molecule has 2 aromatic heterocycles. The third-order valence-corrected chi connectivity index (χ3v) is 5.49. The van der Waals surface area contributed by atoms with Crippen molar-refractivity contribution in [3.8, 4) is 11.1 Å². The molecule has 132 valence electrons. The third-order valence-electron chi connectivity index (χ3n) is 4.61. The van der Waals surface area contributed by atoms with Gasteiger partial charge >= 0.3 is 0 Å². The summed E-state index contributed by atoms with van der Waals surface area (Å²) in [5.74, 6) is 0.281. The molecule has 1 fully saturated rings. The number of nitrogens with zero attached hydrogens (tertiary/aromatic N) is 4. The van der Waals surface area contributed by atoms with E-state index in [-0.39, 0.29) is 17.9 Å². The van der Waals surface area contributed by atoms with Crippen molar-refractivity contribution in [3.05, 3.63) is 58.8 Å². The van der Waals surface area contributed by atoms with E-state index in [0.29, 0.717) is 5.56 Å². The number of thiazole rings is 1. The molecule has 1 saturated heterocycles. The van der Waals surface area contributed by atoms with Crippen LogP contribution < -0.4 is 5.73 Å². The number of hydrogen-bond donors (Lipinski definition) is 1. The van der Waals surface area contributed by atoms with Gasteiger partial charge in [0.05, 0.1) is 6.04 Å². The van der Waals surface area contributed by atoms with E-state index in [9.17, 15) is 4.79 Å². The second-order valence-corrected chi connectivity index (χ2v) is 7.22. The molecular formula is C19H19N5OS. The smallest absolute Gasteiger partial charge is 0.254 e. The Bertz CT molecular complexity index is 895. The van der Waals surface area contributed by atoms with E-state index < -0.39 is 0 Å². The molecule has 1 amide bonds. The maximum atomic E-state index is 13.2. The van der Waals surface area contributed by atoms with E-state index >= 15 is 0 Å². The average Bonchev–Trinajstić information content (AvgIpc) is 3.23. The van der Waals surface area contributed by atoms with Crippen LogP contribution in [0.4, 0.5) is 5.95 Å². The number of nitrogens with two attached hydrogens (primary N) is 1. The molecule has 0 aliphatic carbocycles. The molecule has 2 N–H and O–H groups in total. The Labute approximate surface area is 155 Å². The molecular weight excluding hydrogens is 346 g/mol. The lowest BCUT2D eigenvalue weighted by molar-refractivity contribution is 0.0611. The van der Waals surface area contributed by atoms with Gasteiger partial charge in [-0.1, -0.05) is 12.1 Å². The first-order chi connectivity index (χ1) is 12.7. The summed E-state index contributed by atoms with van der Waals surface area (Å²) in [7, 11) is 0. The van der Waals surface area contributed by atoms with Crippen molar-refractivity contribution in [3.63, 3.8) is 0 Å². The molecule has 0 bridgehead atoms. The summed E-state index contributed by atoms with van der Waals surface area (Å²) in [5, 5.41) is 2.98. The fraction of sp³-hybridized carbons (Fsp3) is 0.263. The Morgan fingerprint density at radius 2 is 2.00 bits per heavy atom. The minimum absolute atomic E-state index is 0.0445. The van der Waals surface area contributed by atoms with Crippen LogP contribution in [0.1, 0.15) is 40.7 Å². The van der Waals surface area contributed by atoms with Gasteiger partial charge in [0.25, 0.3) is 5.91 Å². The number of piperidine rings is 1. The predicted octanol–water partition coefficient (Wildman–Crippen LogP) is 3.55. The van der Waals surface area contributed by atoms with Gasteiger partial charge in [-0.3, -0.25) is 4.79 Å². The van der Waals surface area contributed by atoms with Crippen LogP contribution in [0.2, 0.25) is 0 Å². The molecule has 3 heterocycles. The number of anilines is 1. The number of carbonyl (C=O) groups is 1. The van der Waals surface area contributed by atoms with E-state index in [0.717, 1.165) is 41.9 Å². The number of amides is 1. The maximum absolute atomic E-state index is 13.2. The van der Waals surface area contributed by atoms with Crippen molar-refractivity contribution >= 4 is 23.2 Å². The van der Waals surface area contributed by atoms with Crippen LogP contribution >= 0.6 is 11.3 Å². The highest BCUT2D eigenvalue weighted by Crippen LogP contribution is 2.33. The van der Waals surface area contributed by atoms with Gasteiger partial charge in [-0.15, -0.1) is 11.3 Å². The van der Waals surface area contributed by atoms with Crippen LogP contribution in [-0.4, -0.2) is 32.3 Å². The second-order valence-electron chi connectivity index (χ2n) is 6.29. The summed E-state index contributed by atoms with van der Waals surface area (Å²) >= 11 is 1.61. The SMILES string of the molecule is Nc1ncc(-c2cccc(C(=O)N3CCCC[C@@H]3c3nccs3)c2)cn1. The maximum Gasteiger partial charge on any atom is 0.254 e. The highest BCUT2D eigenvalue weighted by atomic mass is 32.1. The van der Waals surface area contributed by atoms with Crippen molar-refractivity contribution in [1.29, 1.82) is 0 Å². The molecule has 26 heavy (non-hydrogen) atoms. The highest BCUT2D eigenvalue weighted by Gasteiger charge is 2.30. The number of benzene rings is 1. The van der Waals surface area contributed by atoms with E-state index in [1.165, 1.54) is 0 Å². The van der Waals surface area contributed by atoms with Gasteiger partial charge in [0, 0.05) is 41.6 Å². The summed E-state index contributed by atoms with van der Waals surface area (Å²) in [6.45, 7) is 0.762. The van der Waals surface area contributed by atoms with Crippen LogP contribution in [0.3, 0.4) is 0 Å². The van der Waals surface area contributed by atoms with Crippen LogP contribution in [0, 0.1) is 0 Å². The fourth-order valence-corrected chi connectivity index (χ4v) is 4.10. The van der Waals surface area contributed by atoms with Crippen molar-refractivity contribution in [2.45, 2.75) is 25.3 Å². The molecule has 3 aromatic rings. The predicted molar refractivity (Wildman–Crippen MR) is 102 cm³/mol. The zero-order valence-electron chi connectivity index (χ0n) is 14.2. The number of likely N-dealkylation sites (tertiary alicyclic amines) is 1. The Kier molecular flexibility index (Phi) is 4.62. The zero-order chi connectivity index (χ0) is 17.9. The van der Waals surface area contributed by atoms with Crippen LogP contribution in [0.5, 0.6) is 0 Å². The summed E-state index contributed by atoms with van der Waals surface area (Å²) in [5.41, 5.74) is 7.96. The van der Waals surface area contributed by atoms with Crippen molar-refractivity contribution in [2.24, 2.45) is 0 Å². The topological polar surface area (TPSA) is 85.0 Å². The molecule has 6 nitrogen and oxygen atoms in total. The van der Waals surface area contributed by atoms with Crippen LogP contribution in [0.15, 0.2) is 48.2 Å². The normalized spacial score (nSPS) is 17.2. The molecule has 0 saturated carbocycles. The van der Waals surface area contributed by atoms with Crippen molar-refractivity contribution in [2.75, 3.05) is 12.3 Å². The molecule has 1 aliphatic heterocycles. The van der Waals surface area contributed by atoms with Gasteiger partial charge < -0.3 is 10.6 Å². The van der Waals surface area contributed by atoms with Gasteiger partial charge in [0.2, 0.25) is 5.95 Å². The Hall–Kier alpha value is -2.80. The molecule has 4 rings (SSSR count). The number of aromatic nitrogens is 3. The number of rotatable bonds is 3. The molecule has 1 aromatic carbocycles. The van der Waals surface area contributed by atoms with Crippen LogP contribution in [0.25, 0.3) is 11.1 Å². The molecule has 1 aliphatic rings. The quantitative estimate of drug-likeness (QED) is 0.767. The number of hydrogen-bond acceptors (Lipinski definition) is 6. The lowest BCUT2D eigenvalue weighted by Gasteiger charge is -2.34. The Balaban J connectivity index is 1.63. The van der Waals surface area contributed by atoms with Gasteiger partial charge in [-0.2, -0.15) is 0 Å². The summed E-state index contributed by atoms with van der Waals surface area (Å²) < 4.78 is 0. The molecule has 1 atom stereocenters. The molecule has 7 heteroatoms. The summed E-state index contributed by atoms with van der Waals surface area (Å²) in [6, 6.07) is 7.66. The van der Waals surface area contributed by atoms with Gasteiger partial charge in [0.15, 0.2) is 0 Å². The van der Waals surface area contributed by atoms with E-state index in [2.05, 4.69) is 15.0 Å². The van der Waals surface area contributed by atoms with Gasteiger partial charge in [-0.25, -0.2) is 15.0 Å². The van der Waals surface area contributed by atoms with E-state index in [1.54, 1.807) is 29.9 Å². The third kappa shape index (κ3) is 3.30. The summed E-state index contributed by atoms with van der Waals surface area (Å²) in [4.78, 5) is 27.6. The van der Waals surface area contributed by atoms with Crippen molar-refractivity contribution in [1.82, 2.24) is 19.9 Å². The lowest BCUT2D eigenvalue weighted by atomic mass is 10.00. The monoisotopic (exact) mass is 365 g/mol. The fourth-order valence-electron chi connectivity index (χ4n) is 3.32. The Morgan fingerprint density at radius 1 is 1.15 bits per heavy atom. The number of nitrogen functional groups attached to an aromatic ring is 1. The Morgan fingerprint density at radius 3 is 2.77 bits per heavy atom. The van der Waals surface area contributed by atoms with Crippen LogP contribution in [-0.2, 0) is 0 Å². The lowest BCUT2D eigenvalue weighted by Crippen LogP contribution is -2.38. The largest absolute Gasteiger partial charge is 0.368 e. The molecule has 0 spiro atoms. The zero-order valence-corrected chi connectivity index (χ0v) is 15.0. The second kappa shape index (κ2) is 7.21. The van der Waals surface area contributed by atoms with Gasteiger partial charge in [-0.05, 0) is 37.0 Å². The molecule has 0 radical (unpaired) electrons. The minimum atomic E-state index is 0.0445. The summed E-state index contributed by atoms with van der Waals surface area (Å²) in [6.07, 6.45) is 8.26. The minimum Gasteiger partial charge on any atom is -0.368 e. The standard InChI is InChI=1S/C19H19N5OS/c20-19-22-11-15(12-23-19)13-4-3-5-14(10-13)18(25)24-8-2-1-6-16(24)17-21-7-9-26-17/h3-5,7,9-12,16H,1-2,6,8H2,(H2,20,22,23)/t16-/m1/s1. The molecule has 0 unspecified atom stereocenters. The van der Waals surface area contributed by atoms with Gasteiger partial charge in [0.1, 0.15) is 5.01 Å². The van der Waals surface area contributed by atoms with E-state index in [4.69, 9.17) is 5.73 Å². The first-order valence-electron chi connectivity index (χ1n) is 8.61. The average molecular weight is 365 g/mol. The van der Waals surface area contributed by atoms with Crippen molar-refractivity contribution < 1.29 is 4.79 Å². The number of carbonyl (C=O) groups excluding carboxylic acids is 1. The first kappa shape index (κ1) is 16.7.